The number of aliphatic hydroxyl groups is 1. The summed E-state index contributed by atoms with van der Waals surface area (Å²) < 4.78 is 0. The van der Waals surface area contributed by atoms with E-state index in [-0.39, 0.29) is 5.91 Å². The summed E-state index contributed by atoms with van der Waals surface area (Å²) >= 11 is 0. The minimum Gasteiger partial charge on any atom is -0.388 e. The minimum absolute atomic E-state index is 0.00236. The fourth-order valence-electron chi connectivity index (χ4n) is 2.78. The third-order valence-corrected chi connectivity index (χ3v) is 4.21. The molecular weight excluding hydrogens is 262 g/mol. The van der Waals surface area contributed by atoms with Crippen molar-refractivity contribution in [3.05, 3.63) is 64.7 Å². The predicted molar refractivity (Wildman–Crippen MR) is 83.6 cm³/mol. The fraction of sp³-hybridized carbons (Fsp3) is 0.278. The second-order valence-electron chi connectivity index (χ2n) is 5.62. The van der Waals surface area contributed by atoms with Crippen molar-refractivity contribution in [3.63, 3.8) is 0 Å². The summed E-state index contributed by atoms with van der Waals surface area (Å²) in [5.74, 6) is -0.00236. The summed E-state index contributed by atoms with van der Waals surface area (Å²) in [6, 6.07) is 13.4. The van der Waals surface area contributed by atoms with E-state index in [2.05, 4.69) is 0 Å². The second kappa shape index (κ2) is 5.34. The molecule has 21 heavy (non-hydrogen) atoms. The van der Waals surface area contributed by atoms with Crippen molar-refractivity contribution >= 4 is 11.6 Å². The molecule has 0 fully saturated rings. The van der Waals surface area contributed by atoms with Crippen LogP contribution in [0.1, 0.15) is 39.6 Å². The maximum atomic E-state index is 12.8. The Bertz CT molecular complexity index is 693. The Hall–Kier alpha value is -2.13. The molecule has 1 atom stereocenters. The Kier molecular flexibility index (Phi) is 3.52. The molecule has 3 nitrogen and oxygen atoms in total. The number of aryl methyl sites for hydroxylation is 2. The van der Waals surface area contributed by atoms with Crippen LogP contribution >= 0.6 is 0 Å². The quantitative estimate of drug-likeness (QED) is 0.870. The van der Waals surface area contributed by atoms with Crippen LogP contribution in [0.4, 0.5) is 5.69 Å². The van der Waals surface area contributed by atoms with Crippen molar-refractivity contribution < 1.29 is 9.90 Å². The lowest BCUT2D eigenvalue weighted by Gasteiger charge is -2.32. The molecule has 0 aliphatic carbocycles. The SMILES string of the molecule is Cc1ccc(C(=O)N2CCC(O)c3ccccc32)cc1C. The molecule has 108 valence electrons. The van der Waals surface area contributed by atoms with Crippen LogP contribution in [0.15, 0.2) is 42.5 Å². The van der Waals surface area contributed by atoms with Crippen molar-refractivity contribution in [1.82, 2.24) is 0 Å². The lowest BCUT2D eigenvalue weighted by molar-refractivity contribution is 0.0970. The summed E-state index contributed by atoms with van der Waals surface area (Å²) in [5, 5.41) is 10.1. The van der Waals surface area contributed by atoms with E-state index in [1.807, 2.05) is 56.3 Å². The highest BCUT2D eigenvalue weighted by Crippen LogP contribution is 2.34. The summed E-state index contributed by atoms with van der Waals surface area (Å²) in [6.45, 7) is 4.60. The van der Waals surface area contributed by atoms with E-state index in [4.69, 9.17) is 0 Å². The summed E-state index contributed by atoms with van der Waals surface area (Å²) in [6.07, 6.45) is 0.0955. The number of carbonyl (C=O) groups is 1. The van der Waals surface area contributed by atoms with Crippen molar-refractivity contribution in [2.24, 2.45) is 0 Å². The molecule has 0 aromatic heterocycles. The van der Waals surface area contributed by atoms with Gasteiger partial charge in [-0.25, -0.2) is 0 Å². The van der Waals surface area contributed by atoms with Crippen molar-refractivity contribution in [1.29, 1.82) is 0 Å². The summed E-state index contributed by atoms with van der Waals surface area (Å²) in [7, 11) is 0. The molecule has 0 spiro atoms. The average Bonchev–Trinajstić information content (AvgIpc) is 2.50. The predicted octanol–water partition coefficient (Wildman–Crippen LogP) is 3.39. The first-order valence-corrected chi connectivity index (χ1v) is 7.24. The van der Waals surface area contributed by atoms with Gasteiger partial charge in [-0.15, -0.1) is 0 Å². The lowest BCUT2D eigenvalue weighted by Crippen LogP contribution is -2.36. The molecule has 2 aromatic carbocycles. The van der Waals surface area contributed by atoms with Crippen molar-refractivity contribution in [3.8, 4) is 0 Å². The van der Waals surface area contributed by atoms with Gasteiger partial charge in [-0.1, -0.05) is 24.3 Å². The molecule has 3 rings (SSSR count). The molecule has 1 heterocycles. The van der Waals surface area contributed by atoms with Crippen LogP contribution in [0.2, 0.25) is 0 Å². The number of aliphatic hydroxyl groups excluding tert-OH is 1. The van der Waals surface area contributed by atoms with Crippen LogP contribution in [-0.4, -0.2) is 17.6 Å². The molecule has 1 amide bonds. The zero-order valence-corrected chi connectivity index (χ0v) is 12.3. The highest BCUT2D eigenvalue weighted by atomic mass is 16.3. The number of hydrogen-bond acceptors (Lipinski definition) is 2. The number of anilines is 1. The molecule has 1 N–H and O–H groups in total. The number of carbonyl (C=O) groups excluding carboxylic acids is 1. The standard InChI is InChI=1S/C18H19NO2/c1-12-7-8-14(11-13(12)2)18(21)19-10-9-17(20)15-5-3-4-6-16(15)19/h3-8,11,17,20H,9-10H2,1-2H3. The molecule has 0 saturated heterocycles. The summed E-state index contributed by atoms with van der Waals surface area (Å²) in [4.78, 5) is 14.5. The Balaban J connectivity index is 1.99. The smallest absolute Gasteiger partial charge is 0.258 e. The van der Waals surface area contributed by atoms with Gasteiger partial charge in [0, 0.05) is 23.4 Å². The van der Waals surface area contributed by atoms with Gasteiger partial charge >= 0.3 is 0 Å². The number of fused-ring (bicyclic) bond motifs is 1. The fourth-order valence-corrected chi connectivity index (χ4v) is 2.78. The van der Waals surface area contributed by atoms with Crippen LogP contribution in [0.25, 0.3) is 0 Å². The van der Waals surface area contributed by atoms with Gasteiger partial charge in [0.1, 0.15) is 0 Å². The van der Waals surface area contributed by atoms with Crippen LogP contribution in [0, 0.1) is 13.8 Å². The van der Waals surface area contributed by atoms with Gasteiger partial charge in [0.2, 0.25) is 0 Å². The zero-order valence-electron chi connectivity index (χ0n) is 12.3. The molecule has 0 bridgehead atoms. The molecular formula is C18H19NO2. The van der Waals surface area contributed by atoms with E-state index in [0.29, 0.717) is 18.5 Å². The molecule has 1 aliphatic rings. The maximum Gasteiger partial charge on any atom is 0.258 e. The Morgan fingerprint density at radius 1 is 1.14 bits per heavy atom. The number of para-hydroxylation sites is 1. The van der Waals surface area contributed by atoms with E-state index >= 15 is 0 Å². The van der Waals surface area contributed by atoms with E-state index in [0.717, 1.165) is 16.8 Å². The normalized spacial score (nSPS) is 17.5. The number of nitrogens with zero attached hydrogens (tertiary/aromatic N) is 1. The van der Waals surface area contributed by atoms with E-state index < -0.39 is 6.10 Å². The topological polar surface area (TPSA) is 40.5 Å². The van der Waals surface area contributed by atoms with E-state index in [1.54, 1.807) is 4.90 Å². The van der Waals surface area contributed by atoms with Crippen molar-refractivity contribution in [2.75, 3.05) is 11.4 Å². The molecule has 0 saturated carbocycles. The average molecular weight is 281 g/mol. The number of hydrogen-bond donors (Lipinski definition) is 1. The zero-order chi connectivity index (χ0) is 15.0. The maximum absolute atomic E-state index is 12.8. The van der Waals surface area contributed by atoms with Crippen LogP contribution in [-0.2, 0) is 0 Å². The van der Waals surface area contributed by atoms with E-state index in [1.165, 1.54) is 5.56 Å². The Morgan fingerprint density at radius 2 is 1.90 bits per heavy atom. The van der Waals surface area contributed by atoms with Crippen LogP contribution in [0.3, 0.4) is 0 Å². The van der Waals surface area contributed by atoms with E-state index in [9.17, 15) is 9.90 Å². The van der Waals surface area contributed by atoms with Gasteiger partial charge in [0.05, 0.1) is 6.10 Å². The van der Waals surface area contributed by atoms with Gasteiger partial charge < -0.3 is 10.0 Å². The number of rotatable bonds is 1. The first-order chi connectivity index (χ1) is 10.1. The third-order valence-electron chi connectivity index (χ3n) is 4.21. The lowest BCUT2D eigenvalue weighted by atomic mass is 9.97. The van der Waals surface area contributed by atoms with Crippen LogP contribution < -0.4 is 4.90 Å². The Morgan fingerprint density at radius 3 is 2.67 bits per heavy atom. The monoisotopic (exact) mass is 281 g/mol. The van der Waals surface area contributed by atoms with Gasteiger partial charge in [0.15, 0.2) is 0 Å². The summed E-state index contributed by atoms with van der Waals surface area (Å²) in [5.41, 5.74) is 4.65. The number of benzene rings is 2. The third kappa shape index (κ3) is 2.45. The minimum atomic E-state index is -0.481. The van der Waals surface area contributed by atoms with Crippen LogP contribution in [0.5, 0.6) is 0 Å². The molecule has 1 aliphatic heterocycles. The van der Waals surface area contributed by atoms with Crippen molar-refractivity contribution in [2.45, 2.75) is 26.4 Å². The van der Waals surface area contributed by atoms with Gasteiger partial charge in [-0.05, 0) is 49.6 Å². The highest BCUT2D eigenvalue weighted by molar-refractivity contribution is 6.07. The van der Waals surface area contributed by atoms with Gasteiger partial charge in [-0.3, -0.25) is 4.79 Å². The Labute approximate surface area is 124 Å². The first kappa shape index (κ1) is 13.8. The molecule has 1 unspecified atom stereocenters. The first-order valence-electron chi connectivity index (χ1n) is 7.24. The highest BCUT2D eigenvalue weighted by Gasteiger charge is 2.27. The molecule has 2 aromatic rings. The van der Waals surface area contributed by atoms with Gasteiger partial charge in [0.25, 0.3) is 5.91 Å². The largest absolute Gasteiger partial charge is 0.388 e. The second-order valence-corrected chi connectivity index (χ2v) is 5.62. The molecule has 0 radical (unpaired) electrons. The van der Waals surface area contributed by atoms with Gasteiger partial charge in [-0.2, -0.15) is 0 Å². The molecule has 3 heteroatoms. The number of amides is 1.